The van der Waals surface area contributed by atoms with Gasteiger partial charge in [-0.2, -0.15) is 0 Å². The van der Waals surface area contributed by atoms with Crippen LogP contribution in [0.5, 0.6) is 23.0 Å². The van der Waals surface area contributed by atoms with Crippen LogP contribution < -0.4 is 33.8 Å². The molecule has 0 N–H and O–H groups in total. The quantitative estimate of drug-likeness (QED) is 0.111. The summed E-state index contributed by atoms with van der Waals surface area (Å²) >= 11 is 10.2. The molecule has 51 heavy (non-hydrogen) atoms. The monoisotopic (exact) mass is 846 g/mol. The van der Waals surface area contributed by atoms with E-state index in [1.807, 2.05) is 31.2 Å². The van der Waals surface area contributed by atoms with Gasteiger partial charge in [0.2, 0.25) is 0 Å². The van der Waals surface area contributed by atoms with E-state index in [2.05, 4.69) is 27.6 Å². The molecule has 1 aliphatic heterocycles. The Morgan fingerprint density at radius 2 is 1.67 bits per heavy atom. The zero-order chi connectivity index (χ0) is 36.7. The fourth-order valence-electron chi connectivity index (χ4n) is 5.35. The molecule has 2 heterocycles. The average molecular weight is 847 g/mol. The number of hydrogen-bond donors (Lipinski definition) is 0. The molecule has 0 bridgehead atoms. The molecule has 4 aromatic rings. The van der Waals surface area contributed by atoms with Gasteiger partial charge in [-0.25, -0.2) is 14.6 Å². The fourth-order valence-corrected chi connectivity index (χ4v) is 7.03. The summed E-state index contributed by atoms with van der Waals surface area (Å²) in [6.07, 6.45) is 1.71. The fraction of sp³-hybridized carbons (Fsp3) is 0.297. The van der Waals surface area contributed by atoms with Crippen molar-refractivity contribution < 1.29 is 38.0 Å². The number of methoxy groups -OCH3 is 1. The van der Waals surface area contributed by atoms with Crippen LogP contribution in [0.15, 0.2) is 75.7 Å². The third kappa shape index (κ3) is 8.76. The SMILES string of the molecule is CCOC(=O)C1=C(C)N=c2s/c(=C\c3cc(Cl)c(OCc4ccc(I)cc4)c(OCC)c3)c(=O)n2[C@H]1c1ccc(OCC(=O)OC)c(OCC)c1. The van der Waals surface area contributed by atoms with E-state index in [-0.39, 0.29) is 24.3 Å². The van der Waals surface area contributed by atoms with Crippen molar-refractivity contribution in [3.63, 3.8) is 0 Å². The van der Waals surface area contributed by atoms with Crippen LogP contribution in [0, 0.1) is 3.57 Å². The Balaban J connectivity index is 1.59. The van der Waals surface area contributed by atoms with Crippen molar-refractivity contribution >= 4 is 63.5 Å². The van der Waals surface area contributed by atoms with Gasteiger partial charge in [0.05, 0.1) is 53.8 Å². The van der Waals surface area contributed by atoms with Crippen LogP contribution in [-0.2, 0) is 25.7 Å². The Bertz CT molecular complexity index is 2140. The van der Waals surface area contributed by atoms with Crippen molar-refractivity contribution in [3.8, 4) is 23.0 Å². The zero-order valence-corrected chi connectivity index (χ0v) is 32.3. The van der Waals surface area contributed by atoms with Gasteiger partial charge >= 0.3 is 11.9 Å². The number of benzene rings is 3. The number of thiazole rings is 1. The van der Waals surface area contributed by atoms with E-state index in [1.165, 1.54) is 23.0 Å². The van der Waals surface area contributed by atoms with Crippen LogP contribution in [-0.4, -0.2) is 50.0 Å². The molecule has 1 aromatic heterocycles. The van der Waals surface area contributed by atoms with Crippen molar-refractivity contribution in [2.24, 2.45) is 4.99 Å². The molecule has 1 atom stereocenters. The van der Waals surface area contributed by atoms with Crippen molar-refractivity contribution in [3.05, 3.63) is 111 Å². The van der Waals surface area contributed by atoms with Gasteiger partial charge in [-0.15, -0.1) is 0 Å². The number of esters is 2. The molecule has 0 saturated heterocycles. The molecule has 0 fully saturated rings. The minimum atomic E-state index is -0.907. The first-order valence-corrected chi connectivity index (χ1v) is 18.3. The summed E-state index contributed by atoms with van der Waals surface area (Å²) in [6.45, 7) is 7.84. The van der Waals surface area contributed by atoms with Crippen molar-refractivity contribution in [1.29, 1.82) is 0 Å². The lowest BCUT2D eigenvalue weighted by molar-refractivity contribution is -0.143. The Labute approximate surface area is 317 Å². The number of carbonyl (C=O) groups is 2. The molecule has 0 amide bonds. The summed E-state index contributed by atoms with van der Waals surface area (Å²) in [5, 5.41) is 0.321. The minimum absolute atomic E-state index is 0.130. The van der Waals surface area contributed by atoms with Crippen molar-refractivity contribution in [1.82, 2.24) is 4.57 Å². The normalized spacial score (nSPS) is 14.0. The van der Waals surface area contributed by atoms with Crippen LogP contribution in [0.2, 0.25) is 5.02 Å². The number of aromatic nitrogens is 1. The standard InChI is InChI=1S/C37H36ClIN2O9S/c1-6-46-28-18-24(11-14-27(28)49-20-31(42)45-5)33-32(36(44)48-8-3)21(4)40-37-41(33)35(43)30(51-37)17-23-15-26(38)34(29(16-23)47-7-2)50-19-22-9-12-25(39)13-10-22/h9-18,33H,6-8,19-20H2,1-5H3/b30-17-/t33-/m0/s1. The lowest BCUT2D eigenvalue weighted by atomic mass is 9.95. The largest absolute Gasteiger partial charge is 0.490 e. The van der Waals surface area contributed by atoms with Gasteiger partial charge in [0.25, 0.3) is 5.56 Å². The molecule has 0 radical (unpaired) electrons. The Hall–Kier alpha value is -4.34. The molecule has 0 spiro atoms. The van der Waals surface area contributed by atoms with Crippen LogP contribution >= 0.6 is 45.5 Å². The zero-order valence-electron chi connectivity index (χ0n) is 28.6. The Morgan fingerprint density at radius 3 is 2.35 bits per heavy atom. The maximum absolute atomic E-state index is 14.3. The van der Waals surface area contributed by atoms with E-state index in [4.69, 9.17) is 40.0 Å². The molecule has 0 unspecified atom stereocenters. The summed E-state index contributed by atoms with van der Waals surface area (Å²) in [5.41, 5.74) is 2.37. The lowest BCUT2D eigenvalue weighted by Gasteiger charge is -2.25. The maximum atomic E-state index is 14.3. The minimum Gasteiger partial charge on any atom is -0.490 e. The van der Waals surface area contributed by atoms with Gasteiger partial charge in [0.1, 0.15) is 6.61 Å². The molecule has 0 saturated carbocycles. The molecule has 1 aliphatic rings. The predicted molar refractivity (Wildman–Crippen MR) is 202 cm³/mol. The van der Waals surface area contributed by atoms with Gasteiger partial charge in [-0.3, -0.25) is 9.36 Å². The number of nitrogens with zero attached hydrogens (tertiary/aromatic N) is 2. The molecular weight excluding hydrogens is 811 g/mol. The van der Waals surface area contributed by atoms with Crippen LogP contribution in [0.1, 0.15) is 50.4 Å². The summed E-state index contributed by atoms with van der Waals surface area (Å²) in [4.78, 5) is 44.5. The first-order valence-electron chi connectivity index (χ1n) is 16.1. The van der Waals surface area contributed by atoms with Gasteiger partial charge in [-0.05, 0) is 109 Å². The number of allylic oxidation sites excluding steroid dienone is 1. The second-order valence-electron chi connectivity index (χ2n) is 11.0. The van der Waals surface area contributed by atoms with Crippen LogP contribution in [0.4, 0.5) is 0 Å². The molecular formula is C37H36ClIN2O9S. The molecule has 14 heteroatoms. The van der Waals surface area contributed by atoms with E-state index < -0.39 is 18.0 Å². The maximum Gasteiger partial charge on any atom is 0.343 e. The third-order valence-corrected chi connectivity index (χ3v) is 9.58. The summed E-state index contributed by atoms with van der Waals surface area (Å²) < 4.78 is 36.6. The van der Waals surface area contributed by atoms with Gasteiger partial charge in [-0.1, -0.05) is 41.1 Å². The highest BCUT2D eigenvalue weighted by Gasteiger charge is 2.34. The highest BCUT2D eigenvalue weighted by atomic mass is 127. The molecule has 5 rings (SSSR count). The van der Waals surface area contributed by atoms with E-state index >= 15 is 0 Å². The topological polar surface area (TPSA) is 124 Å². The Morgan fingerprint density at radius 1 is 0.941 bits per heavy atom. The second-order valence-corrected chi connectivity index (χ2v) is 13.6. The first kappa shape index (κ1) is 37.9. The van der Waals surface area contributed by atoms with E-state index in [1.54, 1.807) is 57.2 Å². The smallest absolute Gasteiger partial charge is 0.343 e. The summed E-state index contributed by atoms with van der Waals surface area (Å²) in [7, 11) is 1.27. The van der Waals surface area contributed by atoms with Crippen LogP contribution in [0.3, 0.4) is 0 Å². The number of rotatable bonds is 14. The highest BCUT2D eigenvalue weighted by Crippen LogP contribution is 2.38. The highest BCUT2D eigenvalue weighted by molar-refractivity contribution is 14.1. The van der Waals surface area contributed by atoms with Gasteiger partial charge < -0.3 is 28.4 Å². The number of hydrogen-bond acceptors (Lipinski definition) is 11. The van der Waals surface area contributed by atoms with Crippen LogP contribution in [0.25, 0.3) is 6.08 Å². The third-order valence-electron chi connectivity index (χ3n) is 7.60. The second kappa shape index (κ2) is 17.2. The summed E-state index contributed by atoms with van der Waals surface area (Å²) in [6, 6.07) is 15.5. The molecule has 3 aromatic carbocycles. The van der Waals surface area contributed by atoms with E-state index in [9.17, 15) is 14.4 Å². The summed E-state index contributed by atoms with van der Waals surface area (Å²) in [5.74, 6) is 0.290. The number of halogens is 2. The number of ether oxygens (including phenoxy) is 6. The van der Waals surface area contributed by atoms with Crippen molar-refractivity contribution in [2.75, 3.05) is 33.5 Å². The van der Waals surface area contributed by atoms with Gasteiger partial charge in [0.15, 0.2) is 34.4 Å². The van der Waals surface area contributed by atoms with E-state index in [0.29, 0.717) is 74.0 Å². The number of carbonyl (C=O) groups excluding carboxylic acids is 2. The molecule has 0 aliphatic carbocycles. The van der Waals surface area contributed by atoms with Gasteiger partial charge in [0, 0.05) is 3.57 Å². The Kier molecular flexibility index (Phi) is 12.8. The lowest BCUT2D eigenvalue weighted by Crippen LogP contribution is -2.40. The number of fused-ring (bicyclic) bond motifs is 1. The van der Waals surface area contributed by atoms with E-state index in [0.717, 1.165) is 9.13 Å². The molecule has 268 valence electrons. The first-order chi connectivity index (χ1) is 24.6. The van der Waals surface area contributed by atoms with Crippen molar-refractivity contribution in [2.45, 2.75) is 40.3 Å². The molecule has 11 nitrogen and oxygen atoms in total. The predicted octanol–water partition coefficient (Wildman–Crippen LogP) is 5.98. The average Bonchev–Trinajstić information content (AvgIpc) is 3.41.